The lowest BCUT2D eigenvalue weighted by Gasteiger charge is -2.44. The second kappa shape index (κ2) is 12.8. The minimum absolute atomic E-state index is 0.883. The zero-order chi connectivity index (χ0) is 28.7. The fraction of sp³-hybridized carbons (Fsp3) is 0. The molecule has 0 aliphatic rings. The maximum atomic E-state index is 17.1. The van der Waals surface area contributed by atoms with E-state index in [9.17, 15) is 0 Å². The van der Waals surface area contributed by atoms with Gasteiger partial charge in [-0.2, -0.15) is 0 Å². The van der Waals surface area contributed by atoms with Crippen LogP contribution in [0.3, 0.4) is 0 Å². The predicted octanol–water partition coefficient (Wildman–Crippen LogP) is 10.8. The molecule has 0 heterocycles. The Morgan fingerprint density at radius 3 is 0.643 bits per heavy atom. The predicted molar refractivity (Wildman–Crippen MR) is 172 cm³/mol. The lowest BCUT2D eigenvalue weighted by atomic mass is 10.3. The van der Waals surface area contributed by atoms with Gasteiger partial charge in [-0.15, -0.1) is 0 Å². The van der Waals surface area contributed by atoms with E-state index < -0.39 is 28.0 Å². The summed E-state index contributed by atoms with van der Waals surface area (Å²) in [6, 6.07) is 59.5. The minimum Gasteiger partial charge on any atom is -0.320 e. The first-order valence-corrected chi connectivity index (χ1v) is 16.8. The zero-order valence-corrected chi connectivity index (χ0v) is 24.5. The van der Waals surface area contributed by atoms with Crippen molar-refractivity contribution in [1.29, 1.82) is 0 Å². The van der Waals surface area contributed by atoms with Gasteiger partial charge in [-0.3, -0.25) is 4.32 Å². The smallest absolute Gasteiger partial charge is 0.320 e. The van der Waals surface area contributed by atoms with Crippen LogP contribution in [0.15, 0.2) is 211 Å². The summed E-state index contributed by atoms with van der Waals surface area (Å²) in [5.41, 5.74) is 0. The summed E-state index contributed by atoms with van der Waals surface area (Å²) in [6.07, 6.45) is 0. The van der Waals surface area contributed by atoms with Crippen molar-refractivity contribution in [1.82, 2.24) is 0 Å². The largest absolute Gasteiger partial charge is 0.702 e. The molecule has 6 heteroatoms. The van der Waals surface area contributed by atoms with E-state index in [1.807, 2.05) is 182 Å². The average molecular weight is 589 g/mol. The SMILES string of the molecule is FB(OS(c1ccccc1)(c1ccccc1)c1ccccc1)OS(c1ccccc1)(c1ccccc1)c1ccccc1. The molecule has 0 radical (unpaired) electrons. The van der Waals surface area contributed by atoms with Crippen molar-refractivity contribution < 1.29 is 12.5 Å². The Morgan fingerprint density at radius 2 is 0.476 bits per heavy atom. The second-order valence-electron chi connectivity index (χ2n) is 9.46. The summed E-state index contributed by atoms with van der Waals surface area (Å²) in [6.45, 7) is 0. The van der Waals surface area contributed by atoms with E-state index in [1.54, 1.807) is 0 Å². The summed E-state index contributed by atoms with van der Waals surface area (Å²) in [5.74, 6) is 0. The van der Waals surface area contributed by atoms with Crippen LogP contribution in [0.1, 0.15) is 0 Å². The molecule has 0 bridgehead atoms. The Labute approximate surface area is 251 Å². The van der Waals surface area contributed by atoms with Gasteiger partial charge >= 0.3 is 7.40 Å². The topological polar surface area (TPSA) is 18.5 Å². The van der Waals surface area contributed by atoms with Crippen LogP contribution in [0, 0.1) is 0 Å². The number of hydrogen-bond acceptors (Lipinski definition) is 2. The molecule has 0 unspecified atom stereocenters. The number of halogens is 1. The van der Waals surface area contributed by atoms with E-state index in [-0.39, 0.29) is 0 Å². The monoisotopic (exact) mass is 588 g/mol. The number of hydrogen-bond donors (Lipinski definition) is 0. The van der Waals surface area contributed by atoms with E-state index in [2.05, 4.69) is 0 Å². The Balaban J connectivity index is 1.54. The molecule has 0 amide bonds. The van der Waals surface area contributed by atoms with Crippen LogP contribution in [0.25, 0.3) is 0 Å². The molecular weight excluding hydrogens is 558 g/mol. The number of benzene rings is 6. The molecule has 208 valence electrons. The van der Waals surface area contributed by atoms with Crippen molar-refractivity contribution in [3.8, 4) is 0 Å². The van der Waals surface area contributed by atoms with Crippen molar-refractivity contribution >= 4 is 28.0 Å². The van der Waals surface area contributed by atoms with Gasteiger partial charge in [0.25, 0.3) is 0 Å². The van der Waals surface area contributed by atoms with Crippen molar-refractivity contribution in [3.05, 3.63) is 182 Å². The standard InChI is InChI=1S/C36H30BFO2S2/c38-37(39-41(31-19-7-1-8-20-31,32-21-9-2-10-22-32)33-23-11-3-12-24-33)40-42(34-25-13-4-14-26-34,35-27-15-5-16-28-35)36-29-17-6-18-30-36/h1-30H. The van der Waals surface area contributed by atoms with Gasteiger partial charge in [-0.05, 0) is 72.8 Å². The van der Waals surface area contributed by atoms with Crippen LogP contribution >= 0.6 is 20.6 Å². The molecular formula is C36H30BFO2S2. The summed E-state index contributed by atoms with van der Waals surface area (Å²) in [4.78, 5) is 5.30. The first kappa shape index (κ1) is 28.1. The van der Waals surface area contributed by atoms with Gasteiger partial charge in [0.1, 0.15) is 0 Å². The molecule has 2 nitrogen and oxygen atoms in total. The Bertz CT molecular complexity index is 1360. The Kier molecular flexibility index (Phi) is 8.59. The van der Waals surface area contributed by atoms with Crippen molar-refractivity contribution in [2.24, 2.45) is 0 Å². The van der Waals surface area contributed by atoms with Gasteiger partial charge in [0.2, 0.25) is 0 Å². The van der Waals surface area contributed by atoms with Crippen molar-refractivity contribution in [3.63, 3.8) is 0 Å². The summed E-state index contributed by atoms with van der Waals surface area (Å²) >= 11 is 0. The summed E-state index contributed by atoms with van der Waals surface area (Å²) in [7, 11) is -7.15. The fourth-order valence-corrected chi connectivity index (χ4v) is 11.2. The van der Waals surface area contributed by atoms with E-state index >= 15 is 4.32 Å². The van der Waals surface area contributed by atoms with E-state index in [1.165, 1.54) is 0 Å². The molecule has 0 spiro atoms. The third-order valence-corrected chi connectivity index (χ3v) is 13.4. The normalized spacial score (nSPS) is 12.4. The summed E-state index contributed by atoms with van der Waals surface area (Å²) < 4.78 is 30.6. The van der Waals surface area contributed by atoms with Crippen LogP contribution in [-0.4, -0.2) is 7.40 Å². The quantitative estimate of drug-likeness (QED) is 0.148. The van der Waals surface area contributed by atoms with Crippen LogP contribution in [0.4, 0.5) is 4.32 Å². The van der Waals surface area contributed by atoms with Gasteiger partial charge in [0.05, 0.1) is 0 Å². The summed E-state index contributed by atoms with van der Waals surface area (Å²) in [5, 5.41) is 0. The fourth-order valence-electron chi connectivity index (χ4n) is 5.07. The van der Waals surface area contributed by atoms with Gasteiger partial charge in [0, 0.05) is 29.4 Å². The Hall–Kier alpha value is -4.07. The van der Waals surface area contributed by atoms with Crippen molar-refractivity contribution in [2.45, 2.75) is 29.4 Å². The molecule has 6 aromatic rings. The lowest BCUT2D eigenvalue weighted by Crippen LogP contribution is -2.24. The highest BCUT2D eigenvalue weighted by atomic mass is 32.3. The van der Waals surface area contributed by atoms with Crippen molar-refractivity contribution in [2.75, 3.05) is 0 Å². The van der Waals surface area contributed by atoms with E-state index in [0.717, 1.165) is 29.4 Å². The molecule has 0 aromatic heterocycles. The molecule has 42 heavy (non-hydrogen) atoms. The van der Waals surface area contributed by atoms with Gasteiger partial charge in [0.15, 0.2) is 0 Å². The molecule has 0 aliphatic carbocycles. The highest BCUT2D eigenvalue weighted by molar-refractivity contribution is 8.31. The highest BCUT2D eigenvalue weighted by Crippen LogP contribution is 2.73. The first-order valence-electron chi connectivity index (χ1n) is 13.7. The van der Waals surface area contributed by atoms with Crippen LogP contribution in [0.5, 0.6) is 0 Å². The first-order chi connectivity index (χ1) is 20.7. The third kappa shape index (κ3) is 5.42. The molecule has 0 atom stereocenters. The molecule has 0 saturated heterocycles. The van der Waals surface area contributed by atoms with Crippen LogP contribution in [0.2, 0.25) is 0 Å². The Morgan fingerprint density at radius 1 is 0.310 bits per heavy atom. The molecule has 0 aliphatic heterocycles. The maximum absolute atomic E-state index is 17.1. The number of rotatable bonds is 10. The molecule has 6 aromatic carbocycles. The van der Waals surface area contributed by atoms with Gasteiger partial charge < -0.3 is 8.20 Å². The molecule has 0 N–H and O–H groups in total. The highest BCUT2D eigenvalue weighted by Gasteiger charge is 2.44. The third-order valence-electron chi connectivity index (χ3n) is 6.89. The van der Waals surface area contributed by atoms with E-state index in [4.69, 9.17) is 8.20 Å². The zero-order valence-electron chi connectivity index (χ0n) is 22.9. The van der Waals surface area contributed by atoms with Crippen LogP contribution in [-0.2, 0) is 8.20 Å². The molecule has 6 rings (SSSR count). The second-order valence-corrected chi connectivity index (χ2v) is 14.9. The molecule has 0 saturated carbocycles. The van der Waals surface area contributed by atoms with E-state index in [0.29, 0.717) is 0 Å². The minimum atomic E-state index is -2.54. The maximum Gasteiger partial charge on any atom is 0.702 e. The van der Waals surface area contributed by atoms with Gasteiger partial charge in [-0.25, -0.2) is 0 Å². The lowest BCUT2D eigenvalue weighted by molar-refractivity contribution is 0.399. The average Bonchev–Trinajstić information content (AvgIpc) is 3.08. The van der Waals surface area contributed by atoms with Gasteiger partial charge in [-0.1, -0.05) is 130 Å². The molecule has 0 fully saturated rings. The van der Waals surface area contributed by atoms with Crippen LogP contribution < -0.4 is 0 Å².